The number of hydrogen-bond acceptors (Lipinski definition) is 4. The second kappa shape index (κ2) is 5.32. The molecular formula is C15H19FN4. The molecule has 0 aliphatic carbocycles. The van der Waals surface area contributed by atoms with Crippen LogP contribution < -0.4 is 5.32 Å². The highest BCUT2D eigenvalue weighted by atomic mass is 19.1. The van der Waals surface area contributed by atoms with Crippen LogP contribution in [0.3, 0.4) is 0 Å². The first-order chi connectivity index (χ1) is 9.65. The van der Waals surface area contributed by atoms with Crippen molar-refractivity contribution in [1.29, 1.82) is 0 Å². The van der Waals surface area contributed by atoms with Crippen LogP contribution in [0.15, 0.2) is 24.5 Å². The Bertz CT molecular complexity index is 614. The van der Waals surface area contributed by atoms with Crippen molar-refractivity contribution in [3.05, 3.63) is 30.3 Å². The number of benzene rings is 1. The number of anilines is 1. The molecule has 0 bridgehead atoms. The molecule has 0 radical (unpaired) electrons. The maximum Gasteiger partial charge on any atom is 0.149 e. The van der Waals surface area contributed by atoms with Crippen LogP contribution in [0, 0.1) is 5.82 Å². The Morgan fingerprint density at radius 2 is 2.20 bits per heavy atom. The molecule has 1 N–H and O–H groups in total. The summed E-state index contributed by atoms with van der Waals surface area (Å²) in [6.07, 6.45) is 2.50. The second-order valence-electron chi connectivity index (χ2n) is 5.58. The number of hydrogen-bond donors (Lipinski definition) is 1. The molecular weight excluding hydrogens is 255 g/mol. The van der Waals surface area contributed by atoms with Crippen LogP contribution >= 0.6 is 0 Å². The van der Waals surface area contributed by atoms with Gasteiger partial charge in [-0.2, -0.15) is 0 Å². The van der Waals surface area contributed by atoms with E-state index < -0.39 is 0 Å². The predicted octanol–water partition coefficient (Wildman–Crippen LogP) is 2.66. The van der Waals surface area contributed by atoms with Gasteiger partial charge >= 0.3 is 0 Å². The van der Waals surface area contributed by atoms with E-state index in [0.717, 1.165) is 30.7 Å². The summed E-state index contributed by atoms with van der Waals surface area (Å²) < 4.78 is 13.7. The molecule has 1 aliphatic heterocycles. The fourth-order valence-electron chi connectivity index (χ4n) is 2.73. The van der Waals surface area contributed by atoms with E-state index in [2.05, 4.69) is 34.0 Å². The molecule has 1 saturated heterocycles. The van der Waals surface area contributed by atoms with Gasteiger partial charge in [0, 0.05) is 30.6 Å². The molecule has 1 atom stereocenters. The fraction of sp³-hybridized carbons (Fsp3) is 0.467. The Kier molecular flexibility index (Phi) is 3.53. The molecule has 1 fully saturated rings. The second-order valence-corrected chi connectivity index (χ2v) is 5.58. The van der Waals surface area contributed by atoms with Crippen molar-refractivity contribution in [2.45, 2.75) is 32.4 Å². The molecule has 0 saturated carbocycles. The zero-order valence-corrected chi connectivity index (χ0v) is 11.8. The van der Waals surface area contributed by atoms with E-state index in [9.17, 15) is 4.39 Å². The van der Waals surface area contributed by atoms with Crippen molar-refractivity contribution < 1.29 is 4.39 Å². The van der Waals surface area contributed by atoms with Gasteiger partial charge in [-0.3, -0.25) is 4.90 Å². The minimum absolute atomic E-state index is 0.303. The van der Waals surface area contributed by atoms with Crippen LogP contribution in [0.1, 0.15) is 20.3 Å². The Morgan fingerprint density at radius 1 is 1.35 bits per heavy atom. The standard InChI is InChI=1S/C15H19FN4/c1-10(2)20-7-6-11(8-20)19-15-12-4-3-5-13(16)14(12)17-9-18-15/h3-5,9-11H,6-8H2,1-2H3,(H,17,18,19). The largest absolute Gasteiger partial charge is 0.365 e. The summed E-state index contributed by atoms with van der Waals surface area (Å²) in [7, 11) is 0. The first-order valence-corrected chi connectivity index (χ1v) is 7.05. The third-order valence-electron chi connectivity index (χ3n) is 3.91. The number of rotatable bonds is 3. The number of nitrogens with zero attached hydrogens (tertiary/aromatic N) is 3. The summed E-state index contributed by atoms with van der Waals surface area (Å²) in [5.41, 5.74) is 0.378. The van der Waals surface area contributed by atoms with E-state index in [1.54, 1.807) is 6.07 Å². The molecule has 5 heteroatoms. The average molecular weight is 274 g/mol. The lowest BCUT2D eigenvalue weighted by atomic mass is 10.2. The van der Waals surface area contributed by atoms with Crippen LogP contribution in [-0.4, -0.2) is 40.0 Å². The van der Waals surface area contributed by atoms with Crippen LogP contribution in [0.25, 0.3) is 10.9 Å². The van der Waals surface area contributed by atoms with Crippen LogP contribution in [0.4, 0.5) is 10.2 Å². The maximum absolute atomic E-state index is 13.7. The Balaban J connectivity index is 1.84. The van der Waals surface area contributed by atoms with Crippen molar-refractivity contribution in [3.63, 3.8) is 0 Å². The summed E-state index contributed by atoms with van der Waals surface area (Å²) in [4.78, 5) is 10.7. The molecule has 1 unspecified atom stereocenters. The molecule has 1 aromatic heterocycles. The Hall–Kier alpha value is -1.75. The number of likely N-dealkylation sites (tertiary alicyclic amines) is 1. The van der Waals surface area contributed by atoms with Gasteiger partial charge in [0.15, 0.2) is 0 Å². The summed E-state index contributed by atoms with van der Waals surface area (Å²) in [5, 5.41) is 4.18. The number of para-hydroxylation sites is 1. The number of fused-ring (bicyclic) bond motifs is 1. The van der Waals surface area contributed by atoms with E-state index >= 15 is 0 Å². The average Bonchev–Trinajstić information content (AvgIpc) is 2.89. The van der Waals surface area contributed by atoms with E-state index in [-0.39, 0.29) is 5.82 Å². The predicted molar refractivity (Wildman–Crippen MR) is 78.2 cm³/mol. The van der Waals surface area contributed by atoms with Gasteiger partial charge in [-0.15, -0.1) is 0 Å². The monoisotopic (exact) mass is 274 g/mol. The highest BCUT2D eigenvalue weighted by Crippen LogP contribution is 2.24. The van der Waals surface area contributed by atoms with Crippen molar-refractivity contribution in [2.75, 3.05) is 18.4 Å². The Labute approximate surface area is 118 Å². The summed E-state index contributed by atoms with van der Waals surface area (Å²) >= 11 is 0. The molecule has 1 aliphatic rings. The maximum atomic E-state index is 13.7. The summed E-state index contributed by atoms with van der Waals surface area (Å²) in [5.74, 6) is 0.424. The van der Waals surface area contributed by atoms with E-state index in [0.29, 0.717) is 17.6 Å². The third kappa shape index (κ3) is 2.45. The smallest absolute Gasteiger partial charge is 0.149 e. The van der Waals surface area contributed by atoms with Gasteiger partial charge in [-0.05, 0) is 32.4 Å². The van der Waals surface area contributed by atoms with E-state index in [1.807, 2.05) is 6.07 Å². The minimum atomic E-state index is -0.303. The quantitative estimate of drug-likeness (QED) is 0.934. The van der Waals surface area contributed by atoms with Gasteiger partial charge in [0.05, 0.1) is 0 Å². The summed E-state index contributed by atoms with van der Waals surface area (Å²) in [6.45, 7) is 6.50. The molecule has 2 heterocycles. The minimum Gasteiger partial charge on any atom is -0.365 e. The summed E-state index contributed by atoms with van der Waals surface area (Å²) in [6, 6.07) is 5.90. The van der Waals surface area contributed by atoms with Crippen LogP contribution in [-0.2, 0) is 0 Å². The number of nitrogens with one attached hydrogen (secondary N) is 1. The topological polar surface area (TPSA) is 41.0 Å². The molecule has 0 amide bonds. The number of halogens is 1. The Morgan fingerprint density at radius 3 is 2.95 bits per heavy atom. The molecule has 20 heavy (non-hydrogen) atoms. The fourth-order valence-corrected chi connectivity index (χ4v) is 2.73. The molecule has 4 nitrogen and oxygen atoms in total. The van der Waals surface area contributed by atoms with E-state index in [1.165, 1.54) is 12.4 Å². The highest BCUT2D eigenvalue weighted by molar-refractivity contribution is 5.89. The van der Waals surface area contributed by atoms with E-state index in [4.69, 9.17) is 0 Å². The molecule has 106 valence electrons. The first-order valence-electron chi connectivity index (χ1n) is 7.05. The SMILES string of the molecule is CC(C)N1CCC(Nc2ncnc3c(F)cccc23)C1. The lowest BCUT2D eigenvalue weighted by Crippen LogP contribution is -2.31. The lowest BCUT2D eigenvalue weighted by Gasteiger charge is -2.20. The van der Waals surface area contributed by atoms with Gasteiger partial charge in [-0.1, -0.05) is 6.07 Å². The zero-order valence-electron chi connectivity index (χ0n) is 11.8. The van der Waals surface area contributed by atoms with Gasteiger partial charge in [0.2, 0.25) is 0 Å². The van der Waals surface area contributed by atoms with Crippen molar-refractivity contribution in [2.24, 2.45) is 0 Å². The van der Waals surface area contributed by atoms with Gasteiger partial charge < -0.3 is 5.32 Å². The molecule has 2 aromatic rings. The van der Waals surface area contributed by atoms with Crippen molar-refractivity contribution >= 4 is 16.7 Å². The van der Waals surface area contributed by atoms with Crippen LogP contribution in [0.2, 0.25) is 0 Å². The first kappa shape index (κ1) is 13.2. The molecule has 0 spiro atoms. The molecule has 3 rings (SSSR count). The van der Waals surface area contributed by atoms with Crippen molar-refractivity contribution in [3.8, 4) is 0 Å². The zero-order chi connectivity index (χ0) is 14.1. The third-order valence-corrected chi connectivity index (χ3v) is 3.91. The van der Waals surface area contributed by atoms with Gasteiger partial charge in [-0.25, -0.2) is 14.4 Å². The molecule has 1 aromatic carbocycles. The normalized spacial score (nSPS) is 19.9. The van der Waals surface area contributed by atoms with Crippen molar-refractivity contribution in [1.82, 2.24) is 14.9 Å². The van der Waals surface area contributed by atoms with Crippen LogP contribution in [0.5, 0.6) is 0 Å². The van der Waals surface area contributed by atoms with Gasteiger partial charge in [0.1, 0.15) is 23.5 Å². The van der Waals surface area contributed by atoms with Gasteiger partial charge in [0.25, 0.3) is 0 Å². The highest BCUT2D eigenvalue weighted by Gasteiger charge is 2.24. The lowest BCUT2D eigenvalue weighted by molar-refractivity contribution is 0.274. The number of aromatic nitrogens is 2.